The van der Waals surface area contributed by atoms with E-state index in [0.717, 1.165) is 6.42 Å². The Labute approximate surface area is 114 Å². The van der Waals surface area contributed by atoms with Crippen molar-refractivity contribution in [2.24, 2.45) is 5.92 Å². The minimum absolute atomic E-state index is 0.0246. The number of likely N-dealkylation sites (tertiary alicyclic amines) is 1. The number of aliphatic carboxylic acids is 1. The third kappa shape index (κ3) is 4.09. The number of carbonyl (C=O) groups excluding carboxylic acids is 1. The van der Waals surface area contributed by atoms with Gasteiger partial charge in [0.05, 0.1) is 6.10 Å². The molecule has 0 radical (unpaired) electrons. The van der Waals surface area contributed by atoms with E-state index in [1.807, 2.05) is 13.8 Å². The standard InChI is InChI=1S/C13H24N2O4/c1-9(2)15(8-12(16)17)13(18)14-6-5-10(3)11(7-14)19-4/h9-11H,5-8H2,1-4H3,(H,16,17). The highest BCUT2D eigenvalue weighted by atomic mass is 16.5. The van der Waals surface area contributed by atoms with E-state index in [9.17, 15) is 9.59 Å². The SMILES string of the molecule is COC1CN(C(=O)N(CC(=O)O)C(C)C)CCC1C. The van der Waals surface area contributed by atoms with Gasteiger partial charge in [0.2, 0.25) is 0 Å². The molecule has 1 heterocycles. The molecule has 2 atom stereocenters. The molecule has 1 rings (SSSR count). The van der Waals surface area contributed by atoms with Crippen LogP contribution < -0.4 is 0 Å². The van der Waals surface area contributed by atoms with Crippen LogP contribution >= 0.6 is 0 Å². The lowest BCUT2D eigenvalue weighted by molar-refractivity contribution is -0.138. The van der Waals surface area contributed by atoms with Crippen molar-refractivity contribution < 1.29 is 19.4 Å². The molecule has 0 bridgehead atoms. The molecule has 19 heavy (non-hydrogen) atoms. The zero-order valence-electron chi connectivity index (χ0n) is 12.1. The summed E-state index contributed by atoms with van der Waals surface area (Å²) in [5.41, 5.74) is 0. The second-order valence-corrected chi connectivity index (χ2v) is 5.38. The van der Waals surface area contributed by atoms with E-state index in [4.69, 9.17) is 9.84 Å². The molecule has 0 aromatic heterocycles. The van der Waals surface area contributed by atoms with Crippen molar-refractivity contribution in [3.8, 4) is 0 Å². The van der Waals surface area contributed by atoms with Gasteiger partial charge in [-0.05, 0) is 26.2 Å². The van der Waals surface area contributed by atoms with E-state index in [1.165, 1.54) is 4.90 Å². The summed E-state index contributed by atoms with van der Waals surface area (Å²) >= 11 is 0. The van der Waals surface area contributed by atoms with Crippen molar-refractivity contribution in [3.05, 3.63) is 0 Å². The van der Waals surface area contributed by atoms with Crippen LogP contribution in [0.2, 0.25) is 0 Å². The molecule has 1 aliphatic heterocycles. The van der Waals surface area contributed by atoms with Crippen LogP contribution in [0.25, 0.3) is 0 Å². The molecule has 6 nitrogen and oxygen atoms in total. The summed E-state index contributed by atoms with van der Waals surface area (Å²) < 4.78 is 5.38. The molecule has 6 heteroatoms. The summed E-state index contributed by atoms with van der Waals surface area (Å²) in [7, 11) is 1.65. The molecule has 0 aliphatic carbocycles. The molecular formula is C13H24N2O4. The molecule has 1 aliphatic rings. The minimum atomic E-state index is -0.990. The number of carbonyl (C=O) groups is 2. The lowest BCUT2D eigenvalue weighted by Gasteiger charge is -2.39. The van der Waals surface area contributed by atoms with Crippen LogP contribution in [0.15, 0.2) is 0 Å². The van der Waals surface area contributed by atoms with E-state index < -0.39 is 5.97 Å². The molecule has 0 aromatic carbocycles. The number of carboxylic acids is 1. The highest BCUT2D eigenvalue weighted by molar-refractivity contribution is 5.80. The maximum Gasteiger partial charge on any atom is 0.323 e. The van der Waals surface area contributed by atoms with Gasteiger partial charge in [0.1, 0.15) is 6.54 Å². The number of nitrogens with zero attached hydrogens (tertiary/aromatic N) is 2. The zero-order chi connectivity index (χ0) is 14.6. The van der Waals surface area contributed by atoms with E-state index in [-0.39, 0.29) is 24.7 Å². The third-order valence-electron chi connectivity index (χ3n) is 3.64. The quantitative estimate of drug-likeness (QED) is 0.836. The predicted molar refractivity (Wildman–Crippen MR) is 71.0 cm³/mol. The van der Waals surface area contributed by atoms with E-state index in [1.54, 1.807) is 12.0 Å². The lowest BCUT2D eigenvalue weighted by Crippen LogP contribution is -2.54. The van der Waals surface area contributed by atoms with E-state index in [2.05, 4.69) is 6.92 Å². The van der Waals surface area contributed by atoms with Crippen LogP contribution in [0.3, 0.4) is 0 Å². The van der Waals surface area contributed by atoms with Crippen molar-refractivity contribution in [1.29, 1.82) is 0 Å². The van der Waals surface area contributed by atoms with Gasteiger partial charge < -0.3 is 19.6 Å². The predicted octanol–water partition coefficient (Wildman–Crippen LogP) is 1.26. The smallest absolute Gasteiger partial charge is 0.323 e. The largest absolute Gasteiger partial charge is 0.480 e. The lowest BCUT2D eigenvalue weighted by atomic mass is 9.96. The van der Waals surface area contributed by atoms with Crippen molar-refractivity contribution in [2.75, 3.05) is 26.7 Å². The van der Waals surface area contributed by atoms with Crippen molar-refractivity contribution in [3.63, 3.8) is 0 Å². The number of ether oxygens (including phenoxy) is 1. The Hall–Kier alpha value is -1.30. The number of piperidine rings is 1. The van der Waals surface area contributed by atoms with Crippen molar-refractivity contribution >= 4 is 12.0 Å². The molecule has 0 aromatic rings. The number of urea groups is 1. The van der Waals surface area contributed by atoms with Crippen molar-refractivity contribution in [1.82, 2.24) is 9.80 Å². The molecule has 0 spiro atoms. The number of hydrogen-bond acceptors (Lipinski definition) is 3. The summed E-state index contributed by atoms with van der Waals surface area (Å²) in [6.45, 7) is 6.66. The summed E-state index contributed by atoms with van der Waals surface area (Å²) in [6, 6.07) is -0.352. The van der Waals surface area contributed by atoms with Crippen LogP contribution in [-0.4, -0.2) is 65.8 Å². The van der Waals surface area contributed by atoms with Crippen LogP contribution in [-0.2, 0) is 9.53 Å². The highest BCUT2D eigenvalue weighted by Gasteiger charge is 2.32. The minimum Gasteiger partial charge on any atom is -0.480 e. The first-order chi connectivity index (χ1) is 8.86. The Kier molecular flexibility index (Phi) is 5.60. The van der Waals surface area contributed by atoms with Gasteiger partial charge in [-0.1, -0.05) is 6.92 Å². The van der Waals surface area contributed by atoms with Gasteiger partial charge in [0, 0.05) is 26.2 Å². The van der Waals surface area contributed by atoms with Gasteiger partial charge in [0.25, 0.3) is 0 Å². The maximum atomic E-state index is 12.4. The third-order valence-corrected chi connectivity index (χ3v) is 3.64. The number of methoxy groups -OCH3 is 1. The zero-order valence-corrected chi connectivity index (χ0v) is 12.1. The molecule has 110 valence electrons. The molecule has 1 N–H and O–H groups in total. The molecule has 0 saturated carbocycles. The van der Waals surface area contributed by atoms with Crippen LogP contribution in [0.4, 0.5) is 4.79 Å². The van der Waals surface area contributed by atoms with Gasteiger partial charge in [-0.25, -0.2) is 4.79 Å². The number of carboxylic acid groups (broad SMARTS) is 1. The monoisotopic (exact) mass is 272 g/mol. The molecule has 1 fully saturated rings. The van der Waals surface area contributed by atoms with Gasteiger partial charge >= 0.3 is 12.0 Å². The maximum absolute atomic E-state index is 12.4. The van der Waals surface area contributed by atoms with Crippen molar-refractivity contribution in [2.45, 2.75) is 39.3 Å². The average Bonchev–Trinajstić information content (AvgIpc) is 2.35. The topological polar surface area (TPSA) is 70.1 Å². The average molecular weight is 272 g/mol. The Balaban J connectivity index is 2.71. The normalized spacial score (nSPS) is 23.5. The van der Waals surface area contributed by atoms with E-state index in [0.29, 0.717) is 19.0 Å². The number of rotatable bonds is 4. The second kappa shape index (κ2) is 6.75. The number of hydrogen-bond donors (Lipinski definition) is 1. The first kappa shape index (κ1) is 15.8. The first-order valence-corrected chi connectivity index (χ1v) is 6.67. The molecular weight excluding hydrogens is 248 g/mol. The Morgan fingerprint density at radius 1 is 1.47 bits per heavy atom. The molecule has 2 unspecified atom stereocenters. The van der Waals surface area contributed by atoms with Crippen LogP contribution in [0.5, 0.6) is 0 Å². The summed E-state index contributed by atoms with van der Waals surface area (Å²) in [4.78, 5) is 26.3. The van der Waals surface area contributed by atoms with E-state index >= 15 is 0 Å². The van der Waals surface area contributed by atoms with Gasteiger partial charge in [0.15, 0.2) is 0 Å². The summed E-state index contributed by atoms with van der Waals surface area (Å²) in [6.07, 6.45) is 0.903. The summed E-state index contributed by atoms with van der Waals surface area (Å²) in [5, 5.41) is 8.88. The van der Waals surface area contributed by atoms with Crippen LogP contribution in [0.1, 0.15) is 27.2 Å². The van der Waals surface area contributed by atoms with Crippen LogP contribution in [0, 0.1) is 5.92 Å². The van der Waals surface area contributed by atoms with Gasteiger partial charge in [-0.15, -0.1) is 0 Å². The van der Waals surface area contributed by atoms with Gasteiger partial charge in [-0.2, -0.15) is 0 Å². The Bertz CT molecular complexity index is 333. The molecule has 2 amide bonds. The Morgan fingerprint density at radius 3 is 2.58 bits per heavy atom. The Morgan fingerprint density at radius 2 is 2.11 bits per heavy atom. The fourth-order valence-electron chi connectivity index (χ4n) is 2.31. The second-order valence-electron chi connectivity index (χ2n) is 5.38. The molecule has 1 saturated heterocycles. The fourth-order valence-corrected chi connectivity index (χ4v) is 2.31. The van der Waals surface area contributed by atoms with Gasteiger partial charge in [-0.3, -0.25) is 4.79 Å². The summed E-state index contributed by atoms with van der Waals surface area (Å²) in [5.74, 6) is -0.572. The highest BCUT2D eigenvalue weighted by Crippen LogP contribution is 2.20. The fraction of sp³-hybridized carbons (Fsp3) is 0.846. The number of amides is 2. The first-order valence-electron chi connectivity index (χ1n) is 6.67.